The van der Waals surface area contributed by atoms with E-state index < -0.39 is 12.0 Å². The second kappa shape index (κ2) is 9.10. The number of carbonyl (C=O) groups is 2. The molecule has 7 nitrogen and oxygen atoms in total. The fraction of sp³-hybridized carbons (Fsp3) is 0.524. The van der Waals surface area contributed by atoms with E-state index in [1.165, 1.54) is 11.3 Å². The first-order valence-corrected chi connectivity index (χ1v) is 9.99. The van der Waals surface area contributed by atoms with Gasteiger partial charge in [0, 0.05) is 0 Å². The van der Waals surface area contributed by atoms with E-state index >= 15 is 0 Å². The quantitative estimate of drug-likeness (QED) is 0.642. The predicted octanol–water partition coefficient (Wildman–Crippen LogP) is 1.32. The Labute approximate surface area is 166 Å². The number of nitrogens with one attached hydrogen (secondary N) is 3. The summed E-state index contributed by atoms with van der Waals surface area (Å²) < 4.78 is 10.6. The van der Waals surface area contributed by atoms with Crippen LogP contribution in [0.5, 0.6) is 5.75 Å². The number of ether oxygens (including phenoxy) is 2. The van der Waals surface area contributed by atoms with E-state index in [1.807, 2.05) is 24.3 Å². The number of benzene rings is 1. The zero-order valence-corrected chi connectivity index (χ0v) is 16.8. The van der Waals surface area contributed by atoms with Crippen LogP contribution in [-0.2, 0) is 9.53 Å². The molecule has 3 rings (SSSR count). The molecule has 152 valence electrons. The van der Waals surface area contributed by atoms with Gasteiger partial charge >= 0.3 is 12.0 Å². The van der Waals surface area contributed by atoms with Crippen LogP contribution in [0.1, 0.15) is 44.7 Å². The molecule has 2 aliphatic rings. The molecule has 1 unspecified atom stereocenters. The van der Waals surface area contributed by atoms with Gasteiger partial charge in [-0.15, -0.1) is 0 Å². The number of quaternary nitrogens is 1. The summed E-state index contributed by atoms with van der Waals surface area (Å²) in [5, 5.41) is 5.76. The molecule has 28 heavy (non-hydrogen) atoms. The highest BCUT2D eigenvalue weighted by Crippen LogP contribution is 2.28. The molecule has 1 aromatic rings. The molecule has 2 aliphatic heterocycles. The Bertz CT molecular complexity index is 745. The second-order valence-electron chi connectivity index (χ2n) is 7.40. The molecule has 0 spiro atoms. The predicted molar refractivity (Wildman–Crippen MR) is 105 cm³/mol. The largest absolute Gasteiger partial charge is 0.497 e. The third kappa shape index (κ3) is 4.47. The van der Waals surface area contributed by atoms with Crippen molar-refractivity contribution in [2.75, 3.05) is 26.8 Å². The van der Waals surface area contributed by atoms with Crippen LogP contribution in [0.2, 0.25) is 0 Å². The summed E-state index contributed by atoms with van der Waals surface area (Å²) in [7, 11) is 1.60. The van der Waals surface area contributed by atoms with Gasteiger partial charge in [0.25, 0.3) is 0 Å². The van der Waals surface area contributed by atoms with Crippen LogP contribution in [0.4, 0.5) is 4.79 Å². The standard InChI is InChI=1S/C21H29N3O4/c1-4-28-20(25)18-17(13-24-12-6-5-7-14(24)2)22-21(26)23-19(18)15-8-10-16(27-3)11-9-15/h8-11,14,19H,4-7,12-13H2,1-3H3,(H2,22,23,26)/p+1/t14-,19-/m1/s1. The smallest absolute Gasteiger partial charge is 0.338 e. The molecule has 7 heteroatoms. The molecule has 1 saturated heterocycles. The van der Waals surface area contributed by atoms with Crippen LogP contribution in [-0.4, -0.2) is 44.8 Å². The zero-order chi connectivity index (χ0) is 20.1. The summed E-state index contributed by atoms with van der Waals surface area (Å²) in [5.41, 5.74) is 1.96. The number of carbonyl (C=O) groups excluding carboxylic acids is 2. The lowest BCUT2D eigenvalue weighted by Crippen LogP contribution is -3.16. The third-order valence-corrected chi connectivity index (χ3v) is 5.58. The van der Waals surface area contributed by atoms with Crippen molar-refractivity contribution < 1.29 is 24.0 Å². The minimum Gasteiger partial charge on any atom is -0.497 e. The lowest BCUT2D eigenvalue weighted by atomic mass is 9.94. The number of amides is 2. The molecule has 1 fully saturated rings. The molecule has 2 amide bonds. The summed E-state index contributed by atoms with van der Waals surface area (Å²) in [6.45, 7) is 5.94. The van der Waals surface area contributed by atoms with E-state index in [4.69, 9.17) is 9.47 Å². The molecule has 0 radical (unpaired) electrons. The van der Waals surface area contributed by atoms with Crippen LogP contribution < -0.4 is 20.3 Å². The van der Waals surface area contributed by atoms with Gasteiger partial charge in [-0.25, -0.2) is 9.59 Å². The first-order valence-electron chi connectivity index (χ1n) is 9.99. The molecule has 3 atom stereocenters. The Morgan fingerprint density at radius 2 is 2.00 bits per heavy atom. The number of piperidine rings is 1. The molecular weight excluding hydrogens is 358 g/mol. The van der Waals surface area contributed by atoms with E-state index in [9.17, 15) is 9.59 Å². The highest BCUT2D eigenvalue weighted by atomic mass is 16.5. The first-order chi connectivity index (χ1) is 13.5. The molecule has 3 N–H and O–H groups in total. The number of urea groups is 1. The summed E-state index contributed by atoms with van der Waals surface area (Å²) in [5.74, 6) is 0.326. The molecular formula is C21H30N3O4+. The van der Waals surface area contributed by atoms with E-state index in [0.717, 1.165) is 30.7 Å². The zero-order valence-electron chi connectivity index (χ0n) is 16.8. The molecule has 1 aromatic carbocycles. The number of esters is 1. The normalized spacial score (nSPS) is 25.0. The average Bonchev–Trinajstić information content (AvgIpc) is 2.69. The van der Waals surface area contributed by atoms with Gasteiger partial charge in [-0.2, -0.15) is 0 Å². The molecule has 0 bridgehead atoms. The van der Waals surface area contributed by atoms with Gasteiger partial charge < -0.3 is 25.0 Å². The van der Waals surface area contributed by atoms with Crippen LogP contribution in [0.15, 0.2) is 35.5 Å². The Morgan fingerprint density at radius 1 is 1.25 bits per heavy atom. The highest BCUT2D eigenvalue weighted by molar-refractivity contribution is 5.95. The monoisotopic (exact) mass is 388 g/mol. The van der Waals surface area contributed by atoms with Crippen LogP contribution >= 0.6 is 0 Å². The van der Waals surface area contributed by atoms with E-state index in [1.54, 1.807) is 14.0 Å². The van der Waals surface area contributed by atoms with Gasteiger partial charge in [0.15, 0.2) is 0 Å². The van der Waals surface area contributed by atoms with E-state index in [2.05, 4.69) is 17.6 Å². The van der Waals surface area contributed by atoms with Crippen LogP contribution in [0.3, 0.4) is 0 Å². The topological polar surface area (TPSA) is 81.1 Å². The van der Waals surface area contributed by atoms with Gasteiger partial charge in [0.2, 0.25) is 0 Å². The Kier molecular flexibility index (Phi) is 6.57. The Balaban J connectivity index is 1.98. The summed E-state index contributed by atoms with van der Waals surface area (Å²) >= 11 is 0. The van der Waals surface area contributed by atoms with Gasteiger partial charge in [0.05, 0.1) is 43.6 Å². The average molecular weight is 388 g/mol. The Hall–Kier alpha value is -2.54. The Morgan fingerprint density at radius 3 is 2.64 bits per heavy atom. The maximum Gasteiger partial charge on any atom is 0.338 e. The minimum atomic E-state index is -0.548. The number of rotatable bonds is 6. The molecule has 0 saturated carbocycles. The number of methoxy groups -OCH3 is 1. The number of hydrogen-bond donors (Lipinski definition) is 3. The van der Waals surface area contributed by atoms with Crippen molar-refractivity contribution in [3.8, 4) is 5.75 Å². The van der Waals surface area contributed by atoms with Crippen molar-refractivity contribution in [2.24, 2.45) is 0 Å². The SMILES string of the molecule is CCOC(=O)C1=C(C[NH+]2CCCC[C@H]2C)NC(=O)N[C@@H]1c1ccc(OC)cc1. The van der Waals surface area contributed by atoms with Gasteiger partial charge in [-0.1, -0.05) is 12.1 Å². The van der Waals surface area contributed by atoms with Crippen molar-refractivity contribution in [1.29, 1.82) is 0 Å². The fourth-order valence-electron chi connectivity index (χ4n) is 4.00. The van der Waals surface area contributed by atoms with Crippen molar-refractivity contribution in [3.05, 3.63) is 41.1 Å². The van der Waals surface area contributed by atoms with Crippen LogP contribution in [0, 0.1) is 0 Å². The first kappa shape index (κ1) is 20.2. The molecule has 2 heterocycles. The molecule has 0 aromatic heterocycles. The van der Waals surface area contributed by atoms with Crippen molar-refractivity contribution >= 4 is 12.0 Å². The number of likely N-dealkylation sites (tertiary alicyclic amines) is 1. The molecule has 0 aliphatic carbocycles. The maximum absolute atomic E-state index is 12.8. The van der Waals surface area contributed by atoms with E-state index in [0.29, 0.717) is 23.9 Å². The van der Waals surface area contributed by atoms with Crippen molar-refractivity contribution in [2.45, 2.75) is 45.2 Å². The lowest BCUT2D eigenvalue weighted by Gasteiger charge is -2.34. The highest BCUT2D eigenvalue weighted by Gasteiger charge is 2.36. The number of hydrogen-bond acceptors (Lipinski definition) is 4. The van der Waals surface area contributed by atoms with E-state index in [-0.39, 0.29) is 12.6 Å². The van der Waals surface area contributed by atoms with Crippen molar-refractivity contribution in [1.82, 2.24) is 10.6 Å². The fourth-order valence-corrected chi connectivity index (χ4v) is 4.00. The third-order valence-electron chi connectivity index (χ3n) is 5.58. The summed E-state index contributed by atoms with van der Waals surface area (Å²) in [6, 6.07) is 7.02. The van der Waals surface area contributed by atoms with Gasteiger partial charge in [-0.3, -0.25) is 0 Å². The second-order valence-corrected chi connectivity index (χ2v) is 7.40. The van der Waals surface area contributed by atoms with Gasteiger partial charge in [-0.05, 0) is 50.8 Å². The minimum absolute atomic E-state index is 0.284. The van der Waals surface area contributed by atoms with Gasteiger partial charge in [0.1, 0.15) is 12.3 Å². The van der Waals surface area contributed by atoms with Crippen molar-refractivity contribution in [3.63, 3.8) is 0 Å². The summed E-state index contributed by atoms with van der Waals surface area (Å²) in [6.07, 6.45) is 3.55. The maximum atomic E-state index is 12.8. The summed E-state index contributed by atoms with van der Waals surface area (Å²) in [4.78, 5) is 26.6. The van der Waals surface area contributed by atoms with Crippen LogP contribution in [0.25, 0.3) is 0 Å². The lowest BCUT2D eigenvalue weighted by molar-refractivity contribution is -0.924.